The van der Waals surface area contributed by atoms with Crippen molar-refractivity contribution in [3.63, 3.8) is 0 Å². The van der Waals surface area contributed by atoms with Crippen LogP contribution in [-0.2, 0) is 25.6 Å². The van der Waals surface area contributed by atoms with Crippen LogP contribution in [0.2, 0.25) is 0 Å². The number of unbranched alkanes of at least 4 members (excludes halogenated alkanes) is 23. The summed E-state index contributed by atoms with van der Waals surface area (Å²) in [4.78, 5) is 36.6. The van der Waals surface area contributed by atoms with E-state index in [-0.39, 0.29) is 18.0 Å². The van der Waals surface area contributed by atoms with Gasteiger partial charge >= 0.3 is 11.9 Å². The highest BCUT2D eigenvalue weighted by molar-refractivity contribution is 5.85. The molecule has 2 rings (SSSR count). The smallest absolute Gasteiger partial charge is 0.306 e. The lowest BCUT2D eigenvalue weighted by atomic mass is 10.0. The second-order valence-electron chi connectivity index (χ2n) is 17.9. The molecule has 1 aromatic rings. The summed E-state index contributed by atoms with van der Waals surface area (Å²) in [5.74, 6) is 1.12. The first-order valence-corrected chi connectivity index (χ1v) is 25.5. The van der Waals surface area contributed by atoms with Crippen LogP contribution in [0.4, 0.5) is 5.82 Å². The number of esters is 2. The van der Waals surface area contributed by atoms with Crippen LogP contribution in [0.5, 0.6) is 0 Å². The van der Waals surface area contributed by atoms with E-state index in [1.807, 2.05) is 4.57 Å². The molecule has 0 amide bonds. The molecular formula is C50H93N5O5. The first kappa shape index (κ1) is 53.7. The molecule has 1 unspecified atom stereocenters. The molecule has 60 heavy (non-hydrogen) atoms. The monoisotopic (exact) mass is 844 g/mol. The van der Waals surface area contributed by atoms with Gasteiger partial charge in [-0.1, -0.05) is 156 Å². The molecule has 1 aliphatic rings. The Morgan fingerprint density at radius 2 is 1.13 bits per heavy atom. The van der Waals surface area contributed by atoms with Crippen LogP contribution < -0.4 is 5.73 Å². The van der Waals surface area contributed by atoms with Gasteiger partial charge in [-0.05, 0) is 83.8 Å². The van der Waals surface area contributed by atoms with Crippen LogP contribution in [0.15, 0.2) is 11.3 Å². The lowest BCUT2D eigenvalue weighted by Crippen LogP contribution is -2.28. The van der Waals surface area contributed by atoms with Gasteiger partial charge in [0.05, 0.1) is 12.9 Å². The Bertz CT molecular complexity index is 1210. The zero-order chi connectivity index (χ0) is 43.3. The van der Waals surface area contributed by atoms with Crippen molar-refractivity contribution in [1.29, 1.82) is 0 Å². The molecule has 10 nitrogen and oxygen atoms in total. The summed E-state index contributed by atoms with van der Waals surface area (Å²) >= 11 is 0. The standard InChI is InChI=1S/C50H93N5O5/c1-4-7-10-13-18-25-33-44(34-26-19-14-11-8-5-2)60-48(58)36-28-21-17-23-30-38-54(39-32-40-55-43-52-49-45(56)42-46(51)53-50(49)55)37-29-22-16-20-27-35-47(57)59-41-31-24-15-12-9-6-3/h43-45,56H,4-42H2,1-3H3,(H2,51,53). The highest BCUT2D eigenvalue weighted by atomic mass is 16.5. The lowest BCUT2D eigenvalue weighted by Gasteiger charge is -2.23. The van der Waals surface area contributed by atoms with E-state index >= 15 is 0 Å². The topological polar surface area (TPSA) is 132 Å². The summed E-state index contributed by atoms with van der Waals surface area (Å²) in [6.07, 6.45) is 39.0. The van der Waals surface area contributed by atoms with Crippen molar-refractivity contribution in [2.45, 2.75) is 258 Å². The number of aliphatic imine (C=N–C) groups is 1. The molecule has 0 saturated carbocycles. The average molecular weight is 844 g/mol. The molecule has 0 saturated heterocycles. The quantitative estimate of drug-likeness (QED) is 0.0491. The summed E-state index contributed by atoms with van der Waals surface area (Å²) in [6, 6.07) is 0. The minimum Gasteiger partial charge on any atom is -0.466 e. The first-order valence-electron chi connectivity index (χ1n) is 25.5. The van der Waals surface area contributed by atoms with Gasteiger partial charge in [-0.2, -0.15) is 0 Å². The molecular weight excluding hydrogens is 751 g/mol. The number of hydrogen-bond acceptors (Lipinski definition) is 9. The average Bonchev–Trinajstić information content (AvgIpc) is 3.64. The summed E-state index contributed by atoms with van der Waals surface area (Å²) in [6.45, 7) is 11.2. The number of hydrogen-bond donors (Lipinski definition) is 2. The van der Waals surface area contributed by atoms with Gasteiger partial charge in [-0.15, -0.1) is 0 Å². The number of nitrogens with two attached hydrogens (primary N) is 1. The van der Waals surface area contributed by atoms with Gasteiger partial charge < -0.3 is 29.8 Å². The molecule has 348 valence electrons. The van der Waals surface area contributed by atoms with E-state index in [0.717, 1.165) is 110 Å². The van der Waals surface area contributed by atoms with Crippen LogP contribution in [0.3, 0.4) is 0 Å². The van der Waals surface area contributed by atoms with E-state index in [2.05, 4.69) is 35.6 Å². The lowest BCUT2D eigenvalue weighted by molar-refractivity contribution is -0.150. The van der Waals surface area contributed by atoms with E-state index < -0.39 is 6.10 Å². The fourth-order valence-electron chi connectivity index (χ4n) is 8.41. The highest BCUT2D eigenvalue weighted by Crippen LogP contribution is 2.31. The number of aromatic nitrogens is 2. The fourth-order valence-corrected chi connectivity index (χ4v) is 8.41. The number of nitrogens with zero attached hydrogens (tertiary/aromatic N) is 4. The van der Waals surface area contributed by atoms with Crippen LogP contribution >= 0.6 is 0 Å². The first-order chi connectivity index (χ1) is 29.4. The van der Waals surface area contributed by atoms with E-state index in [4.69, 9.17) is 15.2 Å². The number of aryl methyl sites for hydroxylation is 1. The van der Waals surface area contributed by atoms with Crippen molar-refractivity contribution in [2.24, 2.45) is 10.7 Å². The molecule has 0 fully saturated rings. The highest BCUT2D eigenvalue weighted by Gasteiger charge is 2.24. The number of amidine groups is 1. The minimum atomic E-state index is -0.682. The third-order valence-corrected chi connectivity index (χ3v) is 12.2. The largest absolute Gasteiger partial charge is 0.466 e. The van der Waals surface area contributed by atoms with Crippen molar-refractivity contribution < 1.29 is 24.2 Å². The van der Waals surface area contributed by atoms with Crippen LogP contribution in [0.25, 0.3) is 0 Å². The third-order valence-electron chi connectivity index (χ3n) is 12.2. The van der Waals surface area contributed by atoms with Crippen molar-refractivity contribution in [3.8, 4) is 0 Å². The predicted octanol–water partition coefficient (Wildman–Crippen LogP) is 13.0. The molecule has 0 spiro atoms. The predicted molar refractivity (Wildman–Crippen MR) is 250 cm³/mol. The number of rotatable bonds is 42. The number of carbonyl (C=O) groups excluding carboxylic acids is 2. The molecule has 1 atom stereocenters. The summed E-state index contributed by atoms with van der Waals surface area (Å²) in [5.41, 5.74) is 6.62. The Morgan fingerprint density at radius 3 is 1.70 bits per heavy atom. The normalized spacial score (nSPS) is 13.9. The molecule has 1 aromatic heterocycles. The second kappa shape index (κ2) is 37.1. The Morgan fingerprint density at radius 1 is 0.667 bits per heavy atom. The third kappa shape index (κ3) is 27.5. The maximum absolute atomic E-state index is 12.9. The Hall–Kier alpha value is -2.46. The van der Waals surface area contributed by atoms with E-state index in [1.54, 1.807) is 6.33 Å². The fraction of sp³-hybridized carbons (Fsp3) is 0.880. The molecule has 10 heteroatoms. The number of fused-ring (bicyclic) bond motifs is 1. The van der Waals surface area contributed by atoms with Gasteiger partial charge in [-0.3, -0.25) is 9.59 Å². The van der Waals surface area contributed by atoms with E-state index in [9.17, 15) is 14.7 Å². The number of imidazole rings is 1. The SMILES string of the molecule is CCCCCCCCOC(=O)CCCCCCCN(CCCCCCCC(=O)OC(CCCCCCCC)CCCCCCCC)CCCn1cnc2c1N=C(N)CC2O. The van der Waals surface area contributed by atoms with Gasteiger partial charge in [0.1, 0.15) is 23.7 Å². The Balaban J connectivity index is 1.70. The van der Waals surface area contributed by atoms with Gasteiger partial charge in [0.15, 0.2) is 5.82 Å². The molecule has 0 radical (unpaired) electrons. The second-order valence-corrected chi connectivity index (χ2v) is 17.9. The van der Waals surface area contributed by atoms with Crippen molar-refractivity contribution >= 4 is 23.6 Å². The zero-order valence-electron chi connectivity index (χ0n) is 39.3. The summed E-state index contributed by atoms with van der Waals surface area (Å²) < 4.78 is 13.6. The van der Waals surface area contributed by atoms with Gasteiger partial charge in [0.25, 0.3) is 0 Å². The van der Waals surface area contributed by atoms with Gasteiger partial charge in [0, 0.05) is 25.8 Å². The van der Waals surface area contributed by atoms with Gasteiger partial charge in [-0.25, -0.2) is 9.98 Å². The molecule has 2 heterocycles. The number of carbonyl (C=O) groups is 2. The van der Waals surface area contributed by atoms with E-state index in [1.165, 1.54) is 116 Å². The minimum absolute atomic E-state index is 0.00798. The zero-order valence-corrected chi connectivity index (χ0v) is 39.3. The number of aliphatic hydroxyl groups is 1. The van der Waals surface area contributed by atoms with Crippen molar-refractivity contribution in [3.05, 3.63) is 12.0 Å². The van der Waals surface area contributed by atoms with E-state index in [0.29, 0.717) is 43.2 Å². The maximum Gasteiger partial charge on any atom is 0.306 e. The Labute approximate surface area is 368 Å². The number of aliphatic hydroxyl groups excluding tert-OH is 1. The van der Waals surface area contributed by atoms with Crippen LogP contribution in [0.1, 0.15) is 251 Å². The molecule has 1 aliphatic heterocycles. The molecule has 3 N–H and O–H groups in total. The summed E-state index contributed by atoms with van der Waals surface area (Å²) in [7, 11) is 0. The van der Waals surface area contributed by atoms with Crippen molar-refractivity contribution in [1.82, 2.24) is 14.5 Å². The molecule has 0 aromatic carbocycles. The molecule has 0 aliphatic carbocycles. The van der Waals surface area contributed by atoms with Crippen molar-refractivity contribution in [2.75, 3.05) is 26.2 Å². The maximum atomic E-state index is 12.9. The Kier molecular flexibility index (Phi) is 33.2. The summed E-state index contributed by atoms with van der Waals surface area (Å²) in [5, 5.41) is 10.4. The molecule has 0 bridgehead atoms. The number of ether oxygens (including phenoxy) is 2. The van der Waals surface area contributed by atoms with Crippen LogP contribution in [0, 0.1) is 0 Å². The van der Waals surface area contributed by atoms with Gasteiger partial charge in [0.2, 0.25) is 0 Å². The van der Waals surface area contributed by atoms with Crippen LogP contribution in [-0.4, -0.2) is 69.7 Å².